The minimum atomic E-state index is -0.959. The van der Waals surface area contributed by atoms with Gasteiger partial charge in [0.25, 0.3) is 5.56 Å². The maximum atomic E-state index is 12.3. The predicted octanol–water partition coefficient (Wildman–Crippen LogP) is 2.91. The molecule has 1 heterocycles. The molecule has 2 rings (SSSR count). The highest BCUT2D eigenvalue weighted by atomic mass is 16.4. The van der Waals surface area contributed by atoms with Crippen LogP contribution in [0.3, 0.4) is 0 Å². The van der Waals surface area contributed by atoms with Gasteiger partial charge in [0, 0.05) is 17.8 Å². The lowest BCUT2D eigenvalue weighted by atomic mass is 9.86. The van der Waals surface area contributed by atoms with Gasteiger partial charge in [0.15, 0.2) is 0 Å². The second-order valence-electron chi connectivity index (χ2n) is 6.20. The first kappa shape index (κ1) is 13.8. The number of aryl methyl sites for hydroxylation is 1. The van der Waals surface area contributed by atoms with Gasteiger partial charge >= 0.3 is 5.97 Å². The van der Waals surface area contributed by atoms with E-state index >= 15 is 0 Å². The molecule has 1 fully saturated rings. The number of rotatable bonds is 2. The number of aromatic carboxylic acids is 1. The van der Waals surface area contributed by atoms with Crippen LogP contribution in [0.4, 0.5) is 0 Å². The molecule has 1 saturated carbocycles. The smallest absolute Gasteiger partial charge is 0.337 e. The summed E-state index contributed by atoms with van der Waals surface area (Å²) in [6.07, 6.45) is 3.09. The van der Waals surface area contributed by atoms with E-state index in [0.29, 0.717) is 11.3 Å². The summed E-state index contributed by atoms with van der Waals surface area (Å²) >= 11 is 0. The highest BCUT2D eigenvalue weighted by Crippen LogP contribution is 2.45. The van der Waals surface area contributed by atoms with Gasteiger partial charge in [-0.15, -0.1) is 0 Å². The summed E-state index contributed by atoms with van der Waals surface area (Å²) in [4.78, 5) is 23.6. The van der Waals surface area contributed by atoms with Crippen molar-refractivity contribution in [3.05, 3.63) is 33.2 Å². The van der Waals surface area contributed by atoms with E-state index in [-0.39, 0.29) is 22.6 Å². The first-order valence-corrected chi connectivity index (χ1v) is 6.72. The third-order valence-electron chi connectivity index (χ3n) is 4.42. The van der Waals surface area contributed by atoms with E-state index in [1.165, 1.54) is 6.07 Å². The van der Waals surface area contributed by atoms with Crippen molar-refractivity contribution < 1.29 is 9.90 Å². The predicted molar refractivity (Wildman–Crippen MR) is 73.8 cm³/mol. The quantitative estimate of drug-likeness (QED) is 0.892. The summed E-state index contributed by atoms with van der Waals surface area (Å²) in [6, 6.07) is 1.55. The second kappa shape index (κ2) is 4.51. The van der Waals surface area contributed by atoms with Gasteiger partial charge in [0.1, 0.15) is 0 Å². The van der Waals surface area contributed by atoms with E-state index in [0.717, 1.165) is 19.3 Å². The minimum Gasteiger partial charge on any atom is -0.478 e. The van der Waals surface area contributed by atoms with E-state index in [1.54, 1.807) is 18.4 Å². The molecule has 0 bridgehead atoms. The molecule has 1 aliphatic rings. The number of nitrogens with zero attached hydrogens (tertiary/aromatic N) is 1. The van der Waals surface area contributed by atoms with Gasteiger partial charge in [0.2, 0.25) is 0 Å². The van der Waals surface area contributed by atoms with Gasteiger partial charge in [-0.05, 0) is 37.7 Å². The lowest BCUT2D eigenvalue weighted by Crippen LogP contribution is -2.34. The fourth-order valence-electron chi connectivity index (χ4n) is 3.40. The van der Waals surface area contributed by atoms with Crippen LogP contribution >= 0.6 is 0 Å². The molecule has 1 unspecified atom stereocenters. The molecule has 1 aromatic rings. The standard InChI is InChI=1S/C15H21NO3/c1-9-8-12(17)16(10(2)13(9)14(18)19)11-6-5-7-15(11,3)4/h8,11H,5-7H2,1-4H3,(H,18,19). The van der Waals surface area contributed by atoms with Crippen molar-refractivity contribution in [2.45, 2.75) is 53.0 Å². The van der Waals surface area contributed by atoms with Crippen LogP contribution in [0.1, 0.15) is 60.8 Å². The molecule has 0 amide bonds. The Morgan fingerprint density at radius 2 is 2.05 bits per heavy atom. The molecule has 1 N–H and O–H groups in total. The first-order valence-electron chi connectivity index (χ1n) is 6.72. The molecular formula is C15H21NO3. The summed E-state index contributed by atoms with van der Waals surface area (Å²) < 4.78 is 1.70. The zero-order valence-corrected chi connectivity index (χ0v) is 12.0. The zero-order chi connectivity index (χ0) is 14.4. The molecule has 0 spiro atoms. The summed E-state index contributed by atoms with van der Waals surface area (Å²) in [5.41, 5.74) is 1.35. The highest BCUT2D eigenvalue weighted by Gasteiger charge is 2.37. The van der Waals surface area contributed by atoms with Gasteiger partial charge in [-0.1, -0.05) is 20.3 Å². The van der Waals surface area contributed by atoms with Crippen LogP contribution in [-0.4, -0.2) is 15.6 Å². The average Bonchev–Trinajstić information content (AvgIpc) is 2.57. The number of hydrogen-bond donors (Lipinski definition) is 1. The van der Waals surface area contributed by atoms with Crippen molar-refractivity contribution in [1.29, 1.82) is 0 Å². The number of carbonyl (C=O) groups is 1. The van der Waals surface area contributed by atoms with Crippen LogP contribution in [0.15, 0.2) is 10.9 Å². The van der Waals surface area contributed by atoms with E-state index in [2.05, 4.69) is 13.8 Å². The number of hydrogen-bond acceptors (Lipinski definition) is 2. The Balaban J connectivity index is 2.68. The van der Waals surface area contributed by atoms with Gasteiger partial charge < -0.3 is 9.67 Å². The van der Waals surface area contributed by atoms with Crippen molar-refractivity contribution in [1.82, 2.24) is 4.57 Å². The zero-order valence-electron chi connectivity index (χ0n) is 12.0. The van der Waals surface area contributed by atoms with Crippen molar-refractivity contribution in [3.8, 4) is 0 Å². The van der Waals surface area contributed by atoms with E-state index in [1.807, 2.05) is 0 Å². The average molecular weight is 263 g/mol. The second-order valence-corrected chi connectivity index (χ2v) is 6.20. The molecule has 0 saturated heterocycles. The highest BCUT2D eigenvalue weighted by molar-refractivity contribution is 5.90. The molecule has 1 aromatic heterocycles. The normalized spacial score (nSPS) is 21.6. The van der Waals surface area contributed by atoms with Crippen LogP contribution in [0.5, 0.6) is 0 Å². The summed E-state index contributed by atoms with van der Waals surface area (Å²) in [6.45, 7) is 7.72. The molecule has 4 nitrogen and oxygen atoms in total. The monoisotopic (exact) mass is 263 g/mol. The van der Waals surface area contributed by atoms with Gasteiger partial charge in [-0.3, -0.25) is 4.79 Å². The van der Waals surface area contributed by atoms with Crippen LogP contribution in [0.25, 0.3) is 0 Å². The van der Waals surface area contributed by atoms with Crippen LogP contribution < -0.4 is 5.56 Å². The molecule has 0 aromatic carbocycles. The molecule has 1 atom stereocenters. The Hall–Kier alpha value is -1.58. The maximum Gasteiger partial charge on any atom is 0.337 e. The van der Waals surface area contributed by atoms with Gasteiger partial charge in [-0.25, -0.2) is 4.79 Å². The van der Waals surface area contributed by atoms with Crippen LogP contribution in [0, 0.1) is 19.3 Å². The Bertz CT molecular complexity index is 584. The summed E-state index contributed by atoms with van der Waals surface area (Å²) in [5, 5.41) is 9.32. The lowest BCUT2D eigenvalue weighted by Gasteiger charge is -2.31. The topological polar surface area (TPSA) is 59.3 Å². The van der Waals surface area contributed by atoms with Gasteiger partial charge in [-0.2, -0.15) is 0 Å². The Morgan fingerprint density at radius 1 is 1.42 bits per heavy atom. The SMILES string of the molecule is Cc1cc(=O)n(C2CCCC2(C)C)c(C)c1C(=O)O. The first-order chi connectivity index (χ1) is 8.75. The third kappa shape index (κ3) is 2.20. The van der Waals surface area contributed by atoms with Crippen LogP contribution in [0.2, 0.25) is 0 Å². The molecule has 4 heteroatoms. The van der Waals surface area contributed by atoms with Crippen molar-refractivity contribution in [3.63, 3.8) is 0 Å². The molecule has 19 heavy (non-hydrogen) atoms. The molecule has 1 aliphatic carbocycles. The lowest BCUT2D eigenvalue weighted by molar-refractivity contribution is 0.0693. The van der Waals surface area contributed by atoms with E-state index in [4.69, 9.17) is 0 Å². The fourth-order valence-corrected chi connectivity index (χ4v) is 3.40. The maximum absolute atomic E-state index is 12.3. The Labute approximate surface area is 113 Å². The number of carboxylic acid groups (broad SMARTS) is 1. The minimum absolute atomic E-state index is 0.0413. The number of pyridine rings is 1. The van der Waals surface area contributed by atoms with Crippen LogP contribution in [-0.2, 0) is 0 Å². The number of carboxylic acids is 1. The summed E-state index contributed by atoms with van der Waals surface area (Å²) in [7, 11) is 0. The van der Waals surface area contributed by atoms with Crippen molar-refractivity contribution in [2.24, 2.45) is 5.41 Å². The Morgan fingerprint density at radius 3 is 2.53 bits per heavy atom. The molecule has 0 aliphatic heterocycles. The van der Waals surface area contributed by atoms with E-state index < -0.39 is 5.97 Å². The Kier molecular flexibility index (Phi) is 3.29. The van der Waals surface area contributed by atoms with E-state index in [9.17, 15) is 14.7 Å². The molecule has 104 valence electrons. The number of aromatic nitrogens is 1. The molecular weight excluding hydrogens is 242 g/mol. The summed E-state index contributed by atoms with van der Waals surface area (Å²) in [5.74, 6) is -0.959. The third-order valence-corrected chi connectivity index (χ3v) is 4.42. The fraction of sp³-hybridized carbons (Fsp3) is 0.600. The van der Waals surface area contributed by atoms with Gasteiger partial charge in [0.05, 0.1) is 5.56 Å². The van der Waals surface area contributed by atoms with Crippen molar-refractivity contribution in [2.75, 3.05) is 0 Å². The largest absolute Gasteiger partial charge is 0.478 e. The van der Waals surface area contributed by atoms with Crippen molar-refractivity contribution >= 4 is 5.97 Å². The molecule has 0 radical (unpaired) electrons.